The molecule has 0 radical (unpaired) electrons. The summed E-state index contributed by atoms with van der Waals surface area (Å²) in [5.41, 5.74) is 0.284. The number of nitro benzene ring substituents is 1. The molecule has 0 unspecified atom stereocenters. The highest BCUT2D eigenvalue weighted by molar-refractivity contribution is 6.39. The molecule has 0 aliphatic heterocycles. The molecule has 1 heterocycles. The van der Waals surface area contributed by atoms with Gasteiger partial charge in [-0.1, -0.05) is 29.3 Å². The Bertz CT molecular complexity index is 1040. The van der Waals surface area contributed by atoms with Crippen LogP contribution in [0.4, 0.5) is 11.4 Å². The highest BCUT2D eigenvalue weighted by Gasteiger charge is 2.17. The maximum atomic E-state index is 12.2. The summed E-state index contributed by atoms with van der Waals surface area (Å²) in [6.45, 7) is -0.370. The number of rotatable bonds is 4. The second-order valence-corrected chi connectivity index (χ2v) is 5.82. The fourth-order valence-electron chi connectivity index (χ4n) is 2.26. The molecule has 0 fully saturated rings. The van der Waals surface area contributed by atoms with Crippen LogP contribution in [0.5, 0.6) is 0 Å². The SMILES string of the molecule is O=C(Cn1c(=O)oc2cc([N+](=O)[O-])ccc21)Nc1c(Cl)cccc1Cl. The van der Waals surface area contributed by atoms with E-state index in [0.717, 1.165) is 10.6 Å². The maximum Gasteiger partial charge on any atom is 0.420 e. The summed E-state index contributed by atoms with van der Waals surface area (Å²) < 4.78 is 6.01. The van der Waals surface area contributed by atoms with Crippen molar-refractivity contribution in [1.82, 2.24) is 4.57 Å². The topological polar surface area (TPSA) is 107 Å². The lowest BCUT2D eigenvalue weighted by Gasteiger charge is -2.09. The molecule has 8 nitrogen and oxygen atoms in total. The van der Waals surface area contributed by atoms with Crippen molar-refractivity contribution in [1.29, 1.82) is 0 Å². The first-order valence-corrected chi connectivity index (χ1v) is 7.64. The van der Waals surface area contributed by atoms with Crippen molar-refractivity contribution in [3.63, 3.8) is 0 Å². The molecule has 10 heteroatoms. The molecule has 2 aromatic carbocycles. The molecular formula is C15H9Cl2N3O5. The number of hydrogen-bond donors (Lipinski definition) is 1. The number of oxazole rings is 1. The molecule has 0 saturated heterocycles. The first-order valence-electron chi connectivity index (χ1n) is 6.88. The molecule has 128 valence electrons. The summed E-state index contributed by atoms with van der Waals surface area (Å²) in [7, 11) is 0. The number of carbonyl (C=O) groups excluding carboxylic acids is 1. The second-order valence-electron chi connectivity index (χ2n) is 5.01. The Hall–Kier alpha value is -2.84. The zero-order chi connectivity index (χ0) is 18.1. The van der Waals surface area contributed by atoms with Crippen LogP contribution in [0.25, 0.3) is 11.1 Å². The van der Waals surface area contributed by atoms with E-state index in [9.17, 15) is 19.7 Å². The van der Waals surface area contributed by atoms with Gasteiger partial charge in [0.15, 0.2) is 5.58 Å². The van der Waals surface area contributed by atoms with Crippen LogP contribution in [0.2, 0.25) is 10.0 Å². The van der Waals surface area contributed by atoms with Crippen molar-refractivity contribution in [2.45, 2.75) is 6.54 Å². The Labute approximate surface area is 149 Å². The van der Waals surface area contributed by atoms with Crippen molar-refractivity contribution >= 4 is 51.6 Å². The number of amides is 1. The van der Waals surface area contributed by atoms with E-state index in [1.165, 1.54) is 12.1 Å². The molecule has 0 bridgehead atoms. The number of aromatic nitrogens is 1. The molecule has 1 aromatic heterocycles. The van der Waals surface area contributed by atoms with Crippen molar-refractivity contribution in [2.75, 3.05) is 5.32 Å². The van der Waals surface area contributed by atoms with Gasteiger partial charge in [0.25, 0.3) is 5.69 Å². The van der Waals surface area contributed by atoms with E-state index in [2.05, 4.69) is 5.32 Å². The zero-order valence-corrected chi connectivity index (χ0v) is 13.9. The van der Waals surface area contributed by atoms with Gasteiger partial charge in [0, 0.05) is 6.07 Å². The molecule has 3 aromatic rings. The van der Waals surface area contributed by atoms with Crippen molar-refractivity contribution < 1.29 is 14.1 Å². The molecule has 0 spiro atoms. The monoisotopic (exact) mass is 381 g/mol. The van der Waals surface area contributed by atoms with Crippen LogP contribution in [0, 0.1) is 10.1 Å². The van der Waals surface area contributed by atoms with Gasteiger partial charge in [-0.2, -0.15) is 0 Å². The van der Waals surface area contributed by atoms with Crippen LogP contribution in [0.1, 0.15) is 0 Å². The molecule has 3 rings (SSSR count). The standard InChI is InChI=1S/C15H9Cl2N3O5/c16-9-2-1-3-10(17)14(9)18-13(21)7-19-11-5-4-8(20(23)24)6-12(11)25-15(19)22/h1-6H,7H2,(H,18,21). The number of nitrogens with zero attached hydrogens (tertiary/aromatic N) is 2. The van der Waals surface area contributed by atoms with Gasteiger partial charge in [-0.25, -0.2) is 4.79 Å². The predicted octanol–water partition coefficient (Wildman–Crippen LogP) is 3.45. The number of nitro groups is 1. The Kier molecular flexibility index (Phi) is 4.47. The van der Waals surface area contributed by atoms with Crippen LogP contribution in [-0.2, 0) is 11.3 Å². The van der Waals surface area contributed by atoms with E-state index >= 15 is 0 Å². The number of anilines is 1. The largest absolute Gasteiger partial charge is 0.420 e. The van der Waals surface area contributed by atoms with E-state index in [1.54, 1.807) is 18.2 Å². The lowest BCUT2D eigenvalue weighted by molar-refractivity contribution is -0.384. The van der Waals surface area contributed by atoms with Gasteiger partial charge in [0.1, 0.15) is 6.54 Å². The molecule has 0 aliphatic rings. The Morgan fingerprint density at radius 3 is 2.56 bits per heavy atom. The van der Waals surface area contributed by atoms with Crippen molar-refractivity contribution in [2.24, 2.45) is 0 Å². The highest BCUT2D eigenvalue weighted by Crippen LogP contribution is 2.29. The van der Waals surface area contributed by atoms with E-state index in [4.69, 9.17) is 27.6 Å². The minimum Gasteiger partial charge on any atom is -0.407 e. The third-order valence-electron chi connectivity index (χ3n) is 3.39. The van der Waals surface area contributed by atoms with Crippen LogP contribution < -0.4 is 11.1 Å². The molecule has 0 atom stereocenters. The summed E-state index contributed by atoms with van der Waals surface area (Å²) >= 11 is 12.0. The zero-order valence-electron chi connectivity index (χ0n) is 12.4. The average Bonchev–Trinajstić information content (AvgIpc) is 2.86. The smallest absolute Gasteiger partial charge is 0.407 e. The average molecular weight is 382 g/mol. The van der Waals surface area contributed by atoms with Crippen LogP contribution in [0.15, 0.2) is 45.6 Å². The molecule has 1 N–H and O–H groups in total. The number of fused-ring (bicyclic) bond motifs is 1. The van der Waals surface area contributed by atoms with E-state index in [1.807, 2.05) is 0 Å². The normalized spacial score (nSPS) is 10.8. The Morgan fingerprint density at radius 1 is 1.24 bits per heavy atom. The van der Waals surface area contributed by atoms with Gasteiger partial charge < -0.3 is 9.73 Å². The van der Waals surface area contributed by atoms with Gasteiger partial charge in [-0.3, -0.25) is 19.5 Å². The number of nitrogens with one attached hydrogen (secondary N) is 1. The minimum absolute atomic E-state index is 0.0165. The number of halogens is 2. The van der Waals surface area contributed by atoms with E-state index in [0.29, 0.717) is 0 Å². The molecule has 1 amide bonds. The summed E-state index contributed by atoms with van der Waals surface area (Å²) in [5.74, 6) is -1.37. The van der Waals surface area contributed by atoms with E-state index < -0.39 is 16.6 Å². The van der Waals surface area contributed by atoms with Gasteiger partial charge >= 0.3 is 5.76 Å². The van der Waals surface area contributed by atoms with Gasteiger partial charge in [0.05, 0.1) is 32.2 Å². The predicted molar refractivity (Wildman–Crippen MR) is 92.2 cm³/mol. The Morgan fingerprint density at radius 2 is 1.92 bits per heavy atom. The van der Waals surface area contributed by atoms with Crippen molar-refractivity contribution in [3.8, 4) is 0 Å². The number of hydrogen-bond acceptors (Lipinski definition) is 5. The molecule has 0 saturated carbocycles. The van der Waals surface area contributed by atoms with Crippen LogP contribution >= 0.6 is 23.2 Å². The fourth-order valence-corrected chi connectivity index (χ4v) is 2.75. The quantitative estimate of drug-likeness (QED) is 0.549. The summed E-state index contributed by atoms with van der Waals surface area (Å²) in [6.07, 6.45) is 0. The number of non-ortho nitro benzene ring substituents is 1. The van der Waals surface area contributed by atoms with Crippen LogP contribution in [0.3, 0.4) is 0 Å². The fraction of sp³-hybridized carbons (Fsp3) is 0.0667. The first kappa shape index (κ1) is 17.0. The third kappa shape index (κ3) is 3.35. The summed E-state index contributed by atoms with van der Waals surface area (Å²) in [5, 5.41) is 13.8. The number of carbonyl (C=O) groups is 1. The van der Waals surface area contributed by atoms with Gasteiger partial charge in [0.2, 0.25) is 5.91 Å². The van der Waals surface area contributed by atoms with Gasteiger partial charge in [-0.05, 0) is 18.2 Å². The lowest BCUT2D eigenvalue weighted by Crippen LogP contribution is -2.25. The van der Waals surface area contributed by atoms with Gasteiger partial charge in [-0.15, -0.1) is 0 Å². The number of benzene rings is 2. The molecular weight excluding hydrogens is 373 g/mol. The molecule has 25 heavy (non-hydrogen) atoms. The first-order chi connectivity index (χ1) is 11.9. The highest BCUT2D eigenvalue weighted by atomic mass is 35.5. The Balaban J connectivity index is 1.90. The van der Waals surface area contributed by atoms with E-state index in [-0.39, 0.29) is 39.1 Å². The lowest BCUT2D eigenvalue weighted by atomic mass is 10.3. The molecule has 0 aliphatic carbocycles. The third-order valence-corrected chi connectivity index (χ3v) is 4.02. The summed E-state index contributed by atoms with van der Waals surface area (Å²) in [6, 6.07) is 8.42. The number of para-hydroxylation sites is 1. The van der Waals surface area contributed by atoms with Crippen molar-refractivity contribution in [3.05, 3.63) is 67.1 Å². The second kappa shape index (κ2) is 6.58. The minimum atomic E-state index is -0.809. The van der Waals surface area contributed by atoms with Crippen LogP contribution in [-0.4, -0.2) is 15.4 Å². The maximum absolute atomic E-state index is 12.2. The summed E-state index contributed by atoms with van der Waals surface area (Å²) in [4.78, 5) is 34.3.